The first-order valence-electron chi connectivity index (χ1n) is 6.65. The second kappa shape index (κ2) is 5.05. The number of phenols is 1. The van der Waals surface area contributed by atoms with Gasteiger partial charge in [-0.05, 0) is 24.3 Å². The van der Waals surface area contributed by atoms with Gasteiger partial charge < -0.3 is 9.52 Å². The standard InChI is InChI=1S/C17H13FO3/c1-2-14-16(11-5-3-4-6-15(11)21-14)17(20)10-7-8-13(19)12(18)9-10/h3-9,19H,2H2,1H3. The van der Waals surface area contributed by atoms with Crippen LogP contribution >= 0.6 is 0 Å². The topological polar surface area (TPSA) is 50.4 Å². The molecule has 1 N–H and O–H groups in total. The highest BCUT2D eigenvalue weighted by Crippen LogP contribution is 2.29. The van der Waals surface area contributed by atoms with Gasteiger partial charge in [0.25, 0.3) is 0 Å². The van der Waals surface area contributed by atoms with Crippen LogP contribution in [0.5, 0.6) is 5.75 Å². The van der Waals surface area contributed by atoms with E-state index in [0.29, 0.717) is 28.7 Å². The number of rotatable bonds is 3. The summed E-state index contributed by atoms with van der Waals surface area (Å²) in [5.74, 6) is -1.02. The smallest absolute Gasteiger partial charge is 0.197 e. The van der Waals surface area contributed by atoms with Gasteiger partial charge in [0.15, 0.2) is 17.3 Å². The molecule has 3 aromatic rings. The van der Waals surface area contributed by atoms with Gasteiger partial charge in [-0.3, -0.25) is 4.79 Å². The van der Waals surface area contributed by atoms with Crippen LogP contribution in [0.4, 0.5) is 4.39 Å². The Kier molecular flexibility index (Phi) is 3.22. The molecule has 106 valence electrons. The molecule has 3 nitrogen and oxygen atoms in total. The number of carbonyl (C=O) groups excluding carboxylic acids is 1. The Labute approximate surface area is 120 Å². The summed E-state index contributed by atoms with van der Waals surface area (Å²) in [5, 5.41) is 9.94. The Morgan fingerprint density at radius 1 is 1.24 bits per heavy atom. The average molecular weight is 284 g/mol. The third kappa shape index (κ3) is 2.18. The molecule has 0 saturated heterocycles. The van der Waals surface area contributed by atoms with Crippen molar-refractivity contribution < 1.29 is 18.7 Å². The first-order chi connectivity index (χ1) is 10.1. The van der Waals surface area contributed by atoms with Crippen molar-refractivity contribution in [2.45, 2.75) is 13.3 Å². The Morgan fingerprint density at radius 2 is 2.00 bits per heavy atom. The number of hydrogen-bond donors (Lipinski definition) is 1. The summed E-state index contributed by atoms with van der Waals surface area (Å²) in [6.45, 7) is 1.89. The maximum atomic E-state index is 13.5. The summed E-state index contributed by atoms with van der Waals surface area (Å²) in [4.78, 5) is 12.7. The number of furan rings is 1. The number of benzene rings is 2. The lowest BCUT2D eigenvalue weighted by Crippen LogP contribution is -2.04. The number of hydrogen-bond acceptors (Lipinski definition) is 3. The molecular weight excluding hydrogens is 271 g/mol. The van der Waals surface area contributed by atoms with Crippen LogP contribution in [0.1, 0.15) is 28.6 Å². The van der Waals surface area contributed by atoms with E-state index < -0.39 is 11.6 Å². The van der Waals surface area contributed by atoms with Crippen molar-refractivity contribution in [2.75, 3.05) is 0 Å². The van der Waals surface area contributed by atoms with Crippen LogP contribution in [0.3, 0.4) is 0 Å². The van der Waals surface area contributed by atoms with Crippen molar-refractivity contribution in [1.82, 2.24) is 0 Å². The second-order valence-corrected chi connectivity index (χ2v) is 4.75. The Morgan fingerprint density at radius 3 is 2.71 bits per heavy atom. The van der Waals surface area contributed by atoms with Crippen LogP contribution in [0, 0.1) is 5.82 Å². The van der Waals surface area contributed by atoms with Gasteiger partial charge in [0, 0.05) is 17.4 Å². The minimum Gasteiger partial charge on any atom is -0.505 e. The van der Waals surface area contributed by atoms with Crippen LogP contribution in [0.15, 0.2) is 46.9 Å². The van der Waals surface area contributed by atoms with Gasteiger partial charge in [-0.2, -0.15) is 0 Å². The van der Waals surface area contributed by atoms with Crippen LogP contribution in [-0.4, -0.2) is 10.9 Å². The molecule has 0 unspecified atom stereocenters. The van der Waals surface area contributed by atoms with Crippen molar-refractivity contribution in [3.05, 3.63) is 65.2 Å². The van der Waals surface area contributed by atoms with Gasteiger partial charge in [-0.25, -0.2) is 4.39 Å². The predicted octanol–water partition coefficient (Wildman–Crippen LogP) is 4.07. The predicted molar refractivity (Wildman–Crippen MR) is 77.1 cm³/mol. The van der Waals surface area contributed by atoms with E-state index in [1.165, 1.54) is 12.1 Å². The summed E-state index contributed by atoms with van der Waals surface area (Å²) in [5.41, 5.74) is 1.28. The summed E-state index contributed by atoms with van der Waals surface area (Å²) < 4.78 is 19.1. The average Bonchev–Trinajstić information content (AvgIpc) is 2.87. The maximum Gasteiger partial charge on any atom is 0.197 e. The number of halogens is 1. The van der Waals surface area contributed by atoms with Crippen LogP contribution in [0.25, 0.3) is 11.0 Å². The molecule has 0 radical (unpaired) electrons. The number of carbonyl (C=O) groups is 1. The third-order valence-corrected chi connectivity index (χ3v) is 3.43. The quantitative estimate of drug-likeness (QED) is 0.737. The van der Waals surface area contributed by atoms with E-state index in [0.717, 1.165) is 6.07 Å². The molecule has 4 heteroatoms. The number of para-hydroxylation sites is 1. The Bertz CT molecular complexity index is 833. The van der Waals surface area contributed by atoms with Crippen molar-refractivity contribution >= 4 is 16.8 Å². The highest BCUT2D eigenvalue weighted by Gasteiger charge is 2.21. The summed E-state index contributed by atoms with van der Waals surface area (Å²) in [6.07, 6.45) is 0.566. The summed E-state index contributed by atoms with van der Waals surface area (Å²) >= 11 is 0. The normalized spacial score (nSPS) is 11.0. The lowest BCUT2D eigenvalue weighted by atomic mass is 9.99. The minimum atomic E-state index is -0.813. The van der Waals surface area contributed by atoms with E-state index >= 15 is 0 Å². The molecule has 0 atom stereocenters. The lowest BCUT2D eigenvalue weighted by Gasteiger charge is -2.03. The van der Waals surface area contributed by atoms with Gasteiger partial charge in [0.05, 0.1) is 5.56 Å². The van der Waals surface area contributed by atoms with Crippen molar-refractivity contribution in [3.8, 4) is 5.75 Å². The fourth-order valence-corrected chi connectivity index (χ4v) is 2.39. The second-order valence-electron chi connectivity index (χ2n) is 4.75. The maximum absolute atomic E-state index is 13.5. The summed E-state index contributed by atoms with van der Waals surface area (Å²) in [7, 11) is 0. The first kappa shape index (κ1) is 13.4. The van der Waals surface area contributed by atoms with Crippen LogP contribution in [-0.2, 0) is 6.42 Å². The molecule has 0 saturated carbocycles. The Balaban J connectivity index is 2.18. The number of fused-ring (bicyclic) bond motifs is 1. The lowest BCUT2D eigenvalue weighted by molar-refractivity contribution is 0.103. The zero-order valence-electron chi connectivity index (χ0n) is 11.4. The largest absolute Gasteiger partial charge is 0.505 e. The third-order valence-electron chi connectivity index (χ3n) is 3.43. The van der Waals surface area contributed by atoms with Crippen molar-refractivity contribution in [2.24, 2.45) is 0 Å². The van der Waals surface area contributed by atoms with Gasteiger partial charge in [0.1, 0.15) is 11.3 Å². The summed E-state index contributed by atoms with van der Waals surface area (Å²) in [6, 6.07) is 10.9. The number of aromatic hydroxyl groups is 1. The SMILES string of the molecule is CCc1oc2ccccc2c1C(=O)c1ccc(O)c(F)c1. The van der Waals surface area contributed by atoms with E-state index in [1.807, 2.05) is 25.1 Å². The van der Waals surface area contributed by atoms with Gasteiger partial charge >= 0.3 is 0 Å². The van der Waals surface area contributed by atoms with Crippen molar-refractivity contribution in [3.63, 3.8) is 0 Å². The molecule has 3 rings (SSSR count). The number of ketones is 1. The van der Waals surface area contributed by atoms with Crippen LogP contribution < -0.4 is 0 Å². The number of phenolic OH excluding ortho intramolecular Hbond substituents is 1. The Hall–Kier alpha value is -2.62. The van der Waals surface area contributed by atoms with E-state index in [4.69, 9.17) is 4.42 Å². The molecule has 1 aromatic heterocycles. The van der Waals surface area contributed by atoms with E-state index in [9.17, 15) is 14.3 Å². The molecule has 21 heavy (non-hydrogen) atoms. The number of aryl methyl sites for hydroxylation is 1. The molecule has 0 spiro atoms. The van der Waals surface area contributed by atoms with Crippen LogP contribution in [0.2, 0.25) is 0 Å². The molecule has 2 aromatic carbocycles. The fourth-order valence-electron chi connectivity index (χ4n) is 2.39. The molecule has 0 aliphatic carbocycles. The van der Waals surface area contributed by atoms with Crippen molar-refractivity contribution in [1.29, 1.82) is 0 Å². The molecule has 0 amide bonds. The van der Waals surface area contributed by atoms with Gasteiger partial charge in [0.2, 0.25) is 0 Å². The molecule has 0 bridgehead atoms. The van der Waals surface area contributed by atoms with E-state index in [2.05, 4.69) is 0 Å². The van der Waals surface area contributed by atoms with Gasteiger partial charge in [-0.1, -0.05) is 25.1 Å². The minimum absolute atomic E-state index is 0.187. The highest BCUT2D eigenvalue weighted by molar-refractivity contribution is 6.16. The zero-order chi connectivity index (χ0) is 15.0. The highest BCUT2D eigenvalue weighted by atomic mass is 19.1. The van der Waals surface area contributed by atoms with Gasteiger partial charge in [-0.15, -0.1) is 0 Å². The molecule has 0 fully saturated rings. The van der Waals surface area contributed by atoms with E-state index in [-0.39, 0.29) is 11.3 Å². The zero-order valence-corrected chi connectivity index (χ0v) is 11.4. The first-order valence-corrected chi connectivity index (χ1v) is 6.65. The molecule has 0 aliphatic heterocycles. The molecular formula is C17H13FO3. The fraction of sp³-hybridized carbons (Fsp3) is 0.118. The molecule has 0 aliphatic rings. The monoisotopic (exact) mass is 284 g/mol. The molecule has 1 heterocycles. The van der Waals surface area contributed by atoms with E-state index in [1.54, 1.807) is 6.07 Å².